The quantitative estimate of drug-likeness (QED) is 0.685. The summed E-state index contributed by atoms with van der Waals surface area (Å²) in [5, 5.41) is 7.87. The Bertz CT molecular complexity index is 391. The van der Waals surface area contributed by atoms with Crippen molar-refractivity contribution in [1.29, 1.82) is 0 Å². The maximum Gasteiger partial charge on any atom is 0.322 e. The predicted molar refractivity (Wildman–Crippen MR) is 71.2 cm³/mol. The molecule has 0 bridgehead atoms. The number of ether oxygens (including phenoxy) is 1. The molecule has 0 radical (unpaired) electrons. The second kappa shape index (κ2) is 9.07. The van der Waals surface area contributed by atoms with Crippen LogP contribution in [-0.2, 0) is 20.9 Å². The van der Waals surface area contributed by atoms with Gasteiger partial charge in [-0.05, 0) is 19.4 Å². The smallest absolute Gasteiger partial charge is 0.322 e. The average molecular weight is 268 g/mol. The number of hydrogen-bond acceptors (Lipinski definition) is 5. The van der Waals surface area contributed by atoms with Gasteiger partial charge in [0.25, 0.3) is 0 Å². The molecule has 0 amide bonds. The average Bonchev–Trinajstić information content (AvgIpc) is 2.37. The first-order valence-electron chi connectivity index (χ1n) is 5.79. The summed E-state index contributed by atoms with van der Waals surface area (Å²) in [7, 11) is 0. The van der Waals surface area contributed by atoms with Gasteiger partial charge in [-0.25, -0.2) is 0 Å². The SMILES string of the molecule is CC(N)C(=O)O.CC(N)C(=O)OCc1ccccc1. The van der Waals surface area contributed by atoms with Crippen LogP contribution in [0.3, 0.4) is 0 Å². The lowest BCUT2D eigenvalue weighted by Gasteiger charge is -2.06. The Morgan fingerprint density at radius 2 is 1.63 bits per heavy atom. The van der Waals surface area contributed by atoms with E-state index in [1.165, 1.54) is 6.92 Å². The van der Waals surface area contributed by atoms with Crippen molar-refractivity contribution < 1.29 is 19.4 Å². The maximum absolute atomic E-state index is 11.0. The van der Waals surface area contributed by atoms with E-state index in [2.05, 4.69) is 0 Å². The summed E-state index contributed by atoms with van der Waals surface area (Å²) in [4.78, 5) is 20.5. The fourth-order valence-electron chi connectivity index (χ4n) is 0.860. The molecule has 1 aromatic rings. The fraction of sp³-hybridized carbons (Fsp3) is 0.385. The van der Waals surface area contributed by atoms with Crippen LogP contribution >= 0.6 is 0 Å². The molecule has 19 heavy (non-hydrogen) atoms. The number of carboxylic acids is 1. The normalized spacial score (nSPS) is 12.6. The van der Waals surface area contributed by atoms with Crippen molar-refractivity contribution in [2.75, 3.05) is 0 Å². The molecule has 1 aromatic carbocycles. The highest BCUT2D eigenvalue weighted by atomic mass is 16.5. The first-order valence-corrected chi connectivity index (χ1v) is 5.79. The molecule has 0 heterocycles. The van der Waals surface area contributed by atoms with Crippen molar-refractivity contribution >= 4 is 11.9 Å². The highest BCUT2D eigenvalue weighted by Gasteiger charge is 2.07. The summed E-state index contributed by atoms with van der Waals surface area (Å²) < 4.78 is 4.93. The second-order valence-corrected chi connectivity index (χ2v) is 4.01. The monoisotopic (exact) mass is 268 g/mol. The van der Waals surface area contributed by atoms with Gasteiger partial charge in [-0.3, -0.25) is 9.59 Å². The number of nitrogens with two attached hydrogens (primary N) is 2. The van der Waals surface area contributed by atoms with E-state index < -0.39 is 18.1 Å². The zero-order valence-electron chi connectivity index (χ0n) is 11.1. The van der Waals surface area contributed by atoms with Gasteiger partial charge in [0.1, 0.15) is 18.7 Å². The van der Waals surface area contributed by atoms with Crippen LogP contribution in [0, 0.1) is 0 Å². The predicted octanol–water partition coefficient (Wildman–Crippen LogP) is 0.495. The molecular formula is C13H20N2O4. The van der Waals surface area contributed by atoms with E-state index in [1.54, 1.807) is 6.92 Å². The zero-order valence-corrected chi connectivity index (χ0v) is 11.1. The Labute approximate surface area is 112 Å². The molecule has 0 aliphatic rings. The Balaban J connectivity index is 0.000000459. The van der Waals surface area contributed by atoms with Crippen LogP contribution in [0.15, 0.2) is 30.3 Å². The fourth-order valence-corrected chi connectivity index (χ4v) is 0.860. The molecule has 5 N–H and O–H groups in total. The summed E-state index contributed by atoms with van der Waals surface area (Å²) >= 11 is 0. The van der Waals surface area contributed by atoms with Gasteiger partial charge >= 0.3 is 11.9 Å². The first-order chi connectivity index (χ1) is 8.84. The van der Waals surface area contributed by atoms with E-state index in [0.717, 1.165) is 5.56 Å². The molecule has 0 saturated heterocycles. The van der Waals surface area contributed by atoms with E-state index in [0.29, 0.717) is 6.61 Å². The molecule has 6 nitrogen and oxygen atoms in total. The molecule has 106 valence electrons. The Morgan fingerprint density at radius 3 is 2.00 bits per heavy atom. The third-order valence-corrected chi connectivity index (χ3v) is 1.99. The van der Waals surface area contributed by atoms with Crippen LogP contribution in [0.2, 0.25) is 0 Å². The third kappa shape index (κ3) is 8.76. The van der Waals surface area contributed by atoms with Crippen molar-refractivity contribution in [2.45, 2.75) is 32.5 Å². The van der Waals surface area contributed by atoms with Crippen molar-refractivity contribution in [1.82, 2.24) is 0 Å². The minimum atomic E-state index is -0.963. The van der Waals surface area contributed by atoms with Gasteiger partial charge in [-0.15, -0.1) is 0 Å². The Morgan fingerprint density at radius 1 is 1.16 bits per heavy atom. The van der Waals surface area contributed by atoms with Crippen molar-refractivity contribution in [3.63, 3.8) is 0 Å². The van der Waals surface area contributed by atoms with Gasteiger partial charge in [0, 0.05) is 0 Å². The van der Waals surface area contributed by atoms with Gasteiger partial charge < -0.3 is 21.3 Å². The zero-order chi connectivity index (χ0) is 14.8. The molecule has 2 atom stereocenters. The molecule has 2 unspecified atom stereocenters. The Hall–Kier alpha value is -1.92. The van der Waals surface area contributed by atoms with Crippen LogP contribution in [0.5, 0.6) is 0 Å². The molecule has 0 fully saturated rings. The van der Waals surface area contributed by atoms with Crippen LogP contribution in [0.25, 0.3) is 0 Å². The maximum atomic E-state index is 11.0. The van der Waals surface area contributed by atoms with E-state index >= 15 is 0 Å². The van der Waals surface area contributed by atoms with E-state index in [1.807, 2.05) is 30.3 Å². The number of esters is 1. The lowest BCUT2D eigenvalue weighted by molar-refractivity contribution is -0.146. The van der Waals surface area contributed by atoms with E-state index in [9.17, 15) is 9.59 Å². The largest absolute Gasteiger partial charge is 0.480 e. The summed E-state index contributed by atoms with van der Waals surface area (Å²) in [6, 6.07) is 8.22. The minimum Gasteiger partial charge on any atom is -0.480 e. The number of aliphatic carboxylic acids is 1. The lowest BCUT2D eigenvalue weighted by Crippen LogP contribution is -2.28. The number of benzene rings is 1. The summed E-state index contributed by atoms with van der Waals surface area (Å²) in [5.74, 6) is -1.33. The van der Waals surface area contributed by atoms with Crippen LogP contribution in [-0.4, -0.2) is 29.1 Å². The van der Waals surface area contributed by atoms with Crippen molar-refractivity contribution in [3.05, 3.63) is 35.9 Å². The number of carboxylic acid groups (broad SMARTS) is 1. The lowest BCUT2D eigenvalue weighted by atomic mass is 10.2. The molecule has 0 spiro atoms. The van der Waals surface area contributed by atoms with Crippen LogP contribution in [0.1, 0.15) is 19.4 Å². The summed E-state index contributed by atoms with van der Waals surface area (Å²) in [5.41, 5.74) is 11.1. The minimum absolute atomic E-state index is 0.293. The van der Waals surface area contributed by atoms with Crippen LogP contribution < -0.4 is 11.5 Å². The highest BCUT2D eigenvalue weighted by Crippen LogP contribution is 2.00. The van der Waals surface area contributed by atoms with Crippen LogP contribution in [0.4, 0.5) is 0 Å². The van der Waals surface area contributed by atoms with Gasteiger partial charge in [-0.2, -0.15) is 0 Å². The molecule has 1 rings (SSSR count). The number of carbonyl (C=O) groups is 2. The molecule has 0 saturated carbocycles. The first kappa shape index (κ1) is 17.1. The van der Waals surface area contributed by atoms with Gasteiger partial charge in [0.05, 0.1) is 0 Å². The molecule has 0 aromatic heterocycles. The molecule has 0 aliphatic carbocycles. The number of carbonyl (C=O) groups excluding carboxylic acids is 1. The van der Waals surface area contributed by atoms with E-state index in [4.69, 9.17) is 21.3 Å². The number of hydrogen-bond donors (Lipinski definition) is 3. The van der Waals surface area contributed by atoms with Crippen molar-refractivity contribution in [2.24, 2.45) is 11.5 Å². The second-order valence-electron chi connectivity index (χ2n) is 4.01. The highest BCUT2D eigenvalue weighted by molar-refractivity contribution is 5.74. The van der Waals surface area contributed by atoms with Gasteiger partial charge in [0.15, 0.2) is 0 Å². The van der Waals surface area contributed by atoms with Gasteiger partial charge in [0.2, 0.25) is 0 Å². The Kier molecular flexibility index (Phi) is 8.15. The van der Waals surface area contributed by atoms with E-state index in [-0.39, 0.29) is 5.97 Å². The molecule has 0 aliphatic heterocycles. The molecular weight excluding hydrogens is 248 g/mol. The third-order valence-electron chi connectivity index (χ3n) is 1.99. The standard InChI is InChI=1S/C10H13NO2.C3H7NO2/c1-8(11)10(12)13-7-9-5-3-2-4-6-9;1-2(4)3(5)6/h2-6,8H,7,11H2,1H3;2H,4H2,1H3,(H,5,6). The topological polar surface area (TPSA) is 116 Å². The summed E-state index contributed by atoms with van der Waals surface area (Å²) in [6.45, 7) is 3.32. The molecule has 6 heteroatoms. The van der Waals surface area contributed by atoms with Gasteiger partial charge in [-0.1, -0.05) is 30.3 Å². The summed E-state index contributed by atoms with van der Waals surface area (Å²) in [6.07, 6.45) is 0. The van der Waals surface area contributed by atoms with Crippen molar-refractivity contribution in [3.8, 4) is 0 Å². The number of rotatable bonds is 4.